The summed E-state index contributed by atoms with van der Waals surface area (Å²) < 4.78 is 0. The minimum absolute atomic E-state index is 0.0261. The van der Waals surface area contributed by atoms with Gasteiger partial charge >= 0.3 is 0 Å². The second-order valence-corrected chi connectivity index (χ2v) is 6.58. The van der Waals surface area contributed by atoms with Crippen LogP contribution in [0.15, 0.2) is 29.2 Å². The van der Waals surface area contributed by atoms with Crippen molar-refractivity contribution in [3.8, 4) is 0 Å². The molecule has 3 unspecified atom stereocenters. The Morgan fingerprint density at radius 1 is 1.42 bits per heavy atom. The van der Waals surface area contributed by atoms with E-state index in [-0.39, 0.29) is 17.9 Å². The van der Waals surface area contributed by atoms with E-state index in [0.29, 0.717) is 12.5 Å². The molecule has 3 rings (SSSR count). The number of fused-ring (bicyclic) bond motifs is 1. The molecule has 0 radical (unpaired) electrons. The summed E-state index contributed by atoms with van der Waals surface area (Å²) in [5.74, 6) is 1.29. The Morgan fingerprint density at radius 2 is 2.21 bits per heavy atom. The van der Waals surface area contributed by atoms with E-state index in [1.165, 1.54) is 4.90 Å². The summed E-state index contributed by atoms with van der Waals surface area (Å²) in [7, 11) is 0. The maximum absolute atomic E-state index is 12.6. The third-order valence-corrected chi connectivity index (χ3v) is 5.41. The van der Waals surface area contributed by atoms with Crippen LogP contribution in [0.25, 0.3) is 0 Å². The number of carbonyl (C=O) groups excluding carboxylic acids is 1. The average Bonchev–Trinajstić information content (AvgIpc) is 2.85. The van der Waals surface area contributed by atoms with Gasteiger partial charge in [-0.15, -0.1) is 11.8 Å². The smallest absolute Gasteiger partial charge is 0.231 e. The van der Waals surface area contributed by atoms with Gasteiger partial charge in [0.25, 0.3) is 0 Å². The van der Waals surface area contributed by atoms with Gasteiger partial charge in [-0.25, -0.2) is 0 Å². The molecule has 3 nitrogen and oxygen atoms in total. The molecule has 0 spiro atoms. The lowest BCUT2D eigenvalue weighted by Gasteiger charge is -2.35. The Bertz CT molecular complexity index is 491. The van der Waals surface area contributed by atoms with E-state index in [1.54, 1.807) is 11.8 Å². The lowest BCUT2D eigenvalue weighted by molar-refractivity contribution is -0.136. The molecule has 0 aromatic heterocycles. The standard InChI is InChI=1S/C15H19NO2S/c1-10-6-7-16(8-13(10)17)15(18)12-9-19-14-5-3-2-4-11(12)14/h2-5,10,12-13,17H,6-9H2,1H3. The van der Waals surface area contributed by atoms with Crippen molar-refractivity contribution < 1.29 is 9.90 Å². The number of nitrogens with zero attached hydrogens (tertiary/aromatic N) is 1. The van der Waals surface area contributed by atoms with Gasteiger partial charge < -0.3 is 10.0 Å². The van der Waals surface area contributed by atoms with Crippen LogP contribution in [0.3, 0.4) is 0 Å². The van der Waals surface area contributed by atoms with E-state index in [9.17, 15) is 9.90 Å². The molecular weight excluding hydrogens is 258 g/mol. The van der Waals surface area contributed by atoms with Crippen LogP contribution in [0, 0.1) is 5.92 Å². The van der Waals surface area contributed by atoms with Gasteiger partial charge in [-0.1, -0.05) is 25.1 Å². The lowest BCUT2D eigenvalue weighted by atomic mass is 9.93. The number of aliphatic hydroxyl groups excluding tert-OH is 1. The van der Waals surface area contributed by atoms with E-state index in [2.05, 4.69) is 12.1 Å². The summed E-state index contributed by atoms with van der Waals surface area (Å²) in [6.07, 6.45) is 0.524. The normalized spacial score (nSPS) is 30.2. The summed E-state index contributed by atoms with van der Waals surface area (Å²) in [6.45, 7) is 3.32. The molecule has 2 aliphatic heterocycles. The summed E-state index contributed by atoms with van der Waals surface area (Å²) in [6, 6.07) is 8.16. The maximum Gasteiger partial charge on any atom is 0.231 e. The molecule has 4 heteroatoms. The number of benzene rings is 1. The molecule has 1 aromatic rings. The summed E-state index contributed by atoms with van der Waals surface area (Å²) in [4.78, 5) is 15.7. The van der Waals surface area contributed by atoms with Gasteiger partial charge in [0.1, 0.15) is 0 Å². The SMILES string of the molecule is CC1CCN(C(=O)C2CSc3ccccc32)CC1O. The van der Waals surface area contributed by atoms with Crippen LogP contribution in [0.2, 0.25) is 0 Å². The average molecular weight is 277 g/mol. The number of thioether (sulfide) groups is 1. The second-order valence-electron chi connectivity index (χ2n) is 5.52. The Kier molecular flexibility index (Phi) is 3.54. The molecule has 1 aromatic carbocycles. The zero-order valence-electron chi connectivity index (χ0n) is 11.1. The first-order chi connectivity index (χ1) is 9.16. The van der Waals surface area contributed by atoms with Crippen LogP contribution in [0.5, 0.6) is 0 Å². The Balaban J connectivity index is 1.75. The number of hydrogen-bond donors (Lipinski definition) is 1. The van der Waals surface area contributed by atoms with Crippen LogP contribution in [0.1, 0.15) is 24.8 Å². The molecule has 1 fully saturated rings. The first kappa shape index (κ1) is 13.0. The van der Waals surface area contributed by atoms with Crippen molar-refractivity contribution in [2.24, 2.45) is 5.92 Å². The number of rotatable bonds is 1. The highest BCUT2D eigenvalue weighted by molar-refractivity contribution is 7.99. The molecular formula is C15H19NO2S. The molecule has 1 saturated heterocycles. The van der Waals surface area contributed by atoms with E-state index in [0.717, 1.165) is 24.3 Å². The molecule has 2 aliphatic rings. The van der Waals surface area contributed by atoms with Crippen molar-refractivity contribution in [2.75, 3.05) is 18.8 Å². The van der Waals surface area contributed by atoms with Gasteiger partial charge in [0.2, 0.25) is 5.91 Å². The minimum Gasteiger partial charge on any atom is -0.391 e. The lowest BCUT2D eigenvalue weighted by Crippen LogP contribution is -2.47. The fourth-order valence-electron chi connectivity index (χ4n) is 2.84. The third-order valence-electron chi connectivity index (χ3n) is 4.23. The number of aliphatic hydroxyl groups is 1. The topological polar surface area (TPSA) is 40.5 Å². The zero-order valence-corrected chi connectivity index (χ0v) is 11.9. The molecule has 1 N–H and O–H groups in total. The predicted molar refractivity (Wildman–Crippen MR) is 76.3 cm³/mol. The molecule has 2 heterocycles. The van der Waals surface area contributed by atoms with Crippen molar-refractivity contribution in [1.82, 2.24) is 4.90 Å². The number of hydrogen-bond acceptors (Lipinski definition) is 3. The molecule has 102 valence electrons. The van der Waals surface area contributed by atoms with Gasteiger partial charge in [-0.3, -0.25) is 4.79 Å². The number of amides is 1. The monoisotopic (exact) mass is 277 g/mol. The van der Waals surface area contributed by atoms with Crippen molar-refractivity contribution in [3.63, 3.8) is 0 Å². The molecule has 1 amide bonds. The summed E-state index contributed by atoms with van der Waals surface area (Å²) in [5.41, 5.74) is 1.16. The van der Waals surface area contributed by atoms with E-state index < -0.39 is 0 Å². The number of β-amino-alcohol motifs (C(OH)–C–C–N with tert-alkyl or cyclic N) is 1. The van der Waals surface area contributed by atoms with E-state index in [1.807, 2.05) is 24.0 Å². The van der Waals surface area contributed by atoms with Crippen molar-refractivity contribution in [2.45, 2.75) is 30.3 Å². The number of piperidine rings is 1. The first-order valence-electron chi connectivity index (χ1n) is 6.85. The van der Waals surface area contributed by atoms with Crippen molar-refractivity contribution in [3.05, 3.63) is 29.8 Å². The molecule has 0 aliphatic carbocycles. The number of carbonyl (C=O) groups is 1. The van der Waals surface area contributed by atoms with Crippen LogP contribution in [-0.2, 0) is 4.79 Å². The quantitative estimate of drug-likeness (QED) is 0.854. The molecule has 0 bridgehead atoms. The Labute approximate surface area is 118 Å². The van der Waals surface area contributed by atoms with Gasteiger partial charge in [0.05, 0.1) is 12.0 Å². The van der Waals surface area contributed by atoms with Crippen LogP contribution in [0.4, 0.5) is 0 Å². The van der Waals surface area contributed by atoms with E-state index >= 15 is 0 Å². The molecule has 19 heavy (non-hydrogen) atoms. The highest BCUT2D eigenvalue weighted by Gasteiger charge is 2.35. The largest absolute Gasteiger partial charge is 0.391 e. The fraction of sp³-hybridized carbons (Fsp3) is 0.533. The van der Waals surface area contributed by atoms with Gasteiger partial charge in [-0.2, -0.15) is 0 Å². The second kappa shape index (κ2) is 5.17. The summed E-state index contributed by atoms with van der Waals surface area (Å²) in [5, 5.41) is 9.94. The van der Waals surface area contributed by atoms with Gasteiger partial charge in [0.15, 0.2) is 0 Å². The highest BCUT2D eigenvalue weighted by Crippen LogP contribution is 2.40. The third kappa shape index (κ3) is 2.39. The minimum atomic E-state index is -0.373. The molecule has 3 atom stereocenters. The van der Waals surface area contributed by atoms with E-state index in [4.69, 9.17) is 0 Å². The van der Waals surface area contributed by atoms with Crippen LogP contribution in [-0.4, -0.2) is 40.9 Å². The Morgan fingerprint density at radius 3 is 3.00 bits per heavy atom. The van der Waals surface area contributed by atoms with Crippen LogP contribution < -0.4 is 0 Å². The first-order valence-corrected chi connectivity index (χ1v) is 7.84. The van der Waals surface area contributed by atoms with Crippen LogP contribution >= 0.6 is 11.8 Å². The fourth-order valence-corrected chi connectivity index (χ4v) is 4.06. The number of likely N-dealkylation sites (tertiary alicyclic amines) is 1. The summed E-state index contributed by atoms with van der Waals surface area (Å²) >= 11 is 1.76. The van der Waals surface area contributed by atoms with Crippen molar-refractivity contribution in [1.29, 1.82) is 0 Å². The van der Waals surface area contributed by atoms with Crippen molar-refractivity contribution >= 4 is 17.7 Å². The highest BCUT2D eigenvalue weighted by atomic mass is 32.2. The Hall–Kier alpha value is -1.00. The predicted octanol–water partition coefficient (Wildman–Crippen LogP) is 2.11. The van der Waals surface area contributed by atoms with Gasteiger partial charge in [-0.05, 0) is 24.0 Å². The maximum atomic E-state index is 12.6. The molecule has 0 saturated carbocycles. The zero-order chi connectivity index (χ0) is 13.4. The van der Waals surface area contributed by atoms with Gasteiger partial charge in [0, 0.05) is 23.7 Å².